The lowest BCUT2D eigenvalue weighted by Gasteiger charge is -2.43. The van der Waals surface area contributed by atoms with E-state index < -0.39 is 29.5 Å². The molecule has 3 aromatic rings. The number of hydrogen-bond acceptors (Lipinski definition) is 9. The number of piperazine rings is 2. The summed E-state index contributed by atoms with van der Waals surface area (Å²) in [5.41, 5.74) is 0.369. The van der Waals surface area contributed by atoms with E-state index >= 15 is 4.39 Å². The third-order valence-corrected chi connectivity index (χ3v) is 11.5. The summed E-state index contributed by atoms with van der Waals surface area (Å²) in [5, 5.41) is 10.8. The van der Waals surface area contributed by atoms with E-state index in [9.17, 15) is 24.0 Å². The van der Waals surface area contributed by atoms with Gasteiger partial charge in [0, 0.05) is 73.1 Å². The van der Waals surface area contributed by atoms with Crippen molar-refractivity contribution < 1.29 is 31.2 Å². The van der Waals surface area contributed by atoms with Gasteiger partial charge in [-0.15, -0.1) is 0 Å². The number of nitrogens with zero attached hydrogens (tertiary/aromatic N) is 6. The van der Waals surface area contributed by atoms with Crippen LogP contribution in [0.5, 0.6) is 0 Å². The van der Waals surface area contributed by atoms with Crippen molar-refractivity contribution in [2.24, 2.45) is 11.8 Å². The number of H-pyrrole nitrogens is 1. The number of aromatic nitrogens is 2. The van der Waals surface area contributed by atoms with E-state index in [0.29, 0.717) is 73.6 Å². The van der Waals surface area contributed by atoms with Gasteiger partial charge >= 0.3 is 6.09 Å². The quantitative estimate of drug-likeness (QED) is 0.307. The minimum Gasteiger partial charge on any atom is -0.444 e. The van der Waals surface area contributed by atoms with Crippen molar-refractivity contribution in [3.05, 3.63) is 75.5 Å². The number of carbonyl (C=O) groups excluding carboxylic acids is 4. The van der Waals surface area contributed by atoms with E-state index in [-0.39, 0.29) is 37.8 Å². The van der Waals surface area contributed by atoms with Crippen molar-refractivity contribution in [2.45, 2.75) is 78.5 Å². The first-order valence-corrected chi connectivity index (χ1v) is 20.6. The van der Waals surface area contributed by atoms with E-state index in [1.807, 2.05) is 30.9 Å². The topological polar surface area (TPSA) is 151 Å². The standard InChI is InChI=1S/C43H59FN8O6.2H2/c1-28(2)38(45-42(57)58-43(4,5)6)41(56)52-22-17-49(25-29(52)3)26-30-13-15-48(16-14-30)27-37(53)50-18-20-51(21-19-50)40(55)34-23-31(11-12-35(34)44)24-36-32-9-7-8-10-33(32)39(54)47-46-36;;/h7-12,23,28-30,38H,13-22,24-27H2,1-6H3,(H,45,57)(H,47,54);2*1H/t29-,38-;;/m1../s1. The van der Waals surface area contributed by atoms with Crippen molar-refractivity contribution in [1.29, 1.82) is 0 Å². The van der Waals surface area contributed by atoms with E-state index in [4.69, 9.17) is 4.74 Å². The molecule has 2 aromatic carbocycles. The predicted octanol–water partition coefficient (Wildman–Crippen LogP) is 4.22. The first-order valence-electron chi connectivity index (χ1n) is 20.6. The SMILES string of the molecule is CC(C)[C@@H](NC(=O)OC(C)(C)C)C(=O)N1CCN(CC2CCN(CC(=O)N3CCN(C(=O)c4cc(Cc5n[nH]c(=O)c6ccccc56)ccc4F)CC3)CC2)C[C@H]1C.[HH].[HH]. The summed E-state index contributed by atoms with van der Waals surface area (Å²) in [4.78, 5) is 75.0. The van der Waals surface area contributed by atoms with Crippen LogP contribution in [0.2, 0.25) is 0 Å². The molecule has 318 valence electrons. The number of halogens is 1. The molecule has 3 saturated heterocycles. The van der Waals surface area contributed by atoms with Gasteiger partial charge in [0.2, 0.25) is 11.8 Å². The monoisotopic (exact) mass is 806 g/mol. The molecule has 0 bridgehead atoms. The summed E-state index contributed by atoms with van der Waals surface area (Å²) in [6, 6.07) is 11.0. The lowest BCUT2D eigenvalue weighted by atomic mass is 9.95. The molecule has 2 N–H and O–H groups in total. The number of nitrogens with one attached hydrogen (secondary N) is 2. The molecule has 0 spiro atoms. The molecule has 0 radical (unpaired) electrons. The molecule has 4 heterocycles. The Morgan fingerprint density at radius 3 is 2.26 bits per heavy atom. The van der Waals surface area contributed by atoms with Crippen molar-refractivity contribution in [1.82, 2.24) is 40.0 Å². The van der Waals surface area contributed by atoms with Crippen LogP contribution in [0.3, 0.4) is 0 Å². The maximum absolute atomic E-state index is 15.0. The van der Waals surface area contributed by atoms with Crippen molar-refractivity contribution >= 4 is 34.6 Å². The molecule has 4 amide bonds. The zero-order valence-corrected chi connectivity index (χ0v) is 34.8. The summed E-state index contributed by atoms with van der Waals surface area (Å²) in [7, 11) is 0. The summed E-state index contributed by atoms with van der Waals surface area (Å²) < 4.78 is 20.4. The Morgan fingerprint density at radius 2 is 1.60 bits per heavy atom. The molecule has 0 aliphatic carbocycles. The molecule has 0 unspecified atom stereocenters. The van der Waals surface area contributed by atoms with Gasteiger partial charge in [-0.2, -0.15) is 5.10 Å². The molecule has 14 nitrogen and oxygen atoms in total. The van der Waals surface area contributed by atoms with Crippen molar-refractivity contribution in [3.63, 3.8) is 0 Å². The Kier molecular flexibility index (Phi) is 13.5. The van der Waals surface area contributed by atoms with Gasteiger partial charge in [0.05, 0.1) is 23.2 Å². The highest BCUT2D eigenvalue weighted by Gasteiger charge is 2.36. The number of fused-ring (bicyclic) bond motifs is 1. The summed E-state index contributed by atoms with van der Waals surface area (Å²) in [6.45, 7) is 17.8. The number of alkyl carbamates (subject to hydrolysis) is 1. The third kappa shape index (κ3) is 10.6. The molecular weight excluding hydrogens is 744 g/mol. The van der Waals surface area contributed by atoms with Gasteiger partial charge in [-0.1, -0.05) is 38.1 Å². The van der Waals surface area contributed by atoms with Crippen LogP contribution in [-0.2, 0) is 20.7 Å². The number of carbonyl (C=O) groups is 4. The maximum Gasteiger partial charge on any atom is 0.408 e. The summed E-state index contributed by atoms with van der Waals surface area (Å²) in [5.74, 6) is -0.645. The van der Waals surface area contributed by atoms with Crippen LogP contribution in [-0.4, -0.2) is 148 Å². The minimum atomic E-state index is -0.656. The lowest BCUT2D eigenvalue weighted by Crippen LogP contribution is -2.60. The van der Waals surface area contributed by atoms with Crippen LogP contribution in [0.25, 0.3) is 10.8 Å². The first kappa shape index (κ1) is 42.7. The fraction of sp³-hybridized carbons (Fsp3) is 0.581. The third-order valence-electron chi connectivity index (χ3n) is 11.5. The average molecular weight is 807 g/mol. The van der Waals surface area contributed by atoms with Crippen LogP contribution < -0.4 is 10.9 Å². The zero-order valence-electron chi connectivity index (χ0n) is 34.8. The number of ether oxygens (including phenoxy) is 1. The molecule has 3 fully saturated rings. The van der Waals surface area contributed by atoms with Crippen molar-refractivity contribution in [2.75, 3.05) is 72.0 Å². The number of likely N-dealkylation sites (tertiary alicyclic amines) is 1. The number of amides is 4. The van der Waals surface area contributed by atoms with Gasteiger partial charge in [-0.25, -0.2) is 14.3 Å². The molecule has 3 aliphatic rings. The first-order chi connectivity index (χ1) is 27.6. The molecular formula is C43H63FN8O6. The fourth-order valence-electron chi connectivity index (χ4n) is 8.31. The second-order valence-electron chi connectivity index (χ2n) is 17.4. The van der Waals surface area contributed by atoms with E-state index in [1.54, 1.807) is 54.8 Å². The fourth-order valence-corrected chi connectivity index (χ4v) is 8.31. The Balaban J connectivity index is 0.00000397. The number of piperidine rings is 1. The van der Waals surface area contributed by atoms with Crippen molar-refractivity contribution in [3.8, 4) is 0 Å². The smallest absolute Gasteiger partial charge is 0.408 e. The number of aromatic amines is 1. The molecule has 6 rings (SSSR count). The van der Waals surface area contributed by atoms with Gasteiger partial charge in [-0.3, -0.25) is 29.0 Å². The van der Waals surface area contributed by atoms with Gasteiger partial charge in [0.1, 0.15) is 17.5 Å². The van der Waals surface area contributed by atoms with Gasteiger partial charge in [0.15, 0.2) is 0 Å². The zero-order chi connectivity index (χ0) is 41.7. The van der Waals surface area contributed by atoms with E-state index in [0.717, 1.165) is 45.6 Å². The maximum atomic E-state index is 15.0. The largest absolute Gasteiger partial charge is 0.444 e. The Morgan fingerprint density at radius 1 is 0.931 bits per heavy atom. The molecule has 1 aromatic heterocycles. The minimum absolute atomic E-state index is 0. The van der Waals surface area contributed by atoms with Crippen LogP contribution >= 0.6 is 0 Å². The predicted molar refractivity (Wildman–Crippen MR) is 223 cm³/mol. The highest BCUT2D eigenvalue weighted by molar-refractivity contribution is 5.95. The summed E-state index contributed by atoms with van der Waals surface area (Å²) >= 11 is 0. The molecule has 58 heavy (non-hydrogen) atoms. The number of benzene rings is 2. The van der Waals surface area contributed by atoms with E-state index in [2.05, 4.69) is 32.2 Å². The van der Waals surface area contributed by atoms with Crippen LogP contribution in [0.4, 0.5) is 9.18 Å². The second kappa shape index (κ2) is 18.4. The molecule has 2 atom stereocenters. The van der Waals surface area contributed by atoms with Gasteiger partial charge < -0.3 is 24.8 Å². The Labute approximate surface area is 343 Å². The van der Waals surface area contributed by atoms with Crippen LogP contribution in [0, 0.1) is 17.7 Å². The van der Waals surface area contributed by atoms with Gasteiger partial charge in [0.25, 0.3) is 11.5 Å². The number of hydrogen-bond donors (Lipinski definition) is 2. The van der Waals surface area contributed by atoms with Crippen LogP contribution in [0.1, 0.15) is 78.9 Å². The highest BCUT2D eigenvalue weighted by atomic mass is 19.1. The molecule has 15 heteroatoms. The second-order valence-corrected chi connectivity index (χ2v) is 17.4. The van der Waals surface area contributed by atoms with Gasteiger partial charge in [-0.05, 0) is 89.2 Å². The Bertz CT molecular complexity index is 2030. The normalized spacial score (nSPS) is 19.4. The average Bonchev–Trinajstić information content (AvgIpc) is 3.18. The highest BCUT2D eigenvalue weighted by Crippen LogP contribution is 2.23. The molecule has 0 saturated carbocycles. The Hall–Kier alpha value is -4.89. The van der Waals surface area contributed by atoms with Crippen LogP contribution in [0.15, 0.2) is 47.3 Å². The summed E-state index contributed by atoms with van der Waals surface area (Å²) in [6.07, 6.45) is 1.69. The number of rotatable bonds is 10. The van der Waals surface area contributed by atoms with E-state index in [1.165, 1.54) is 6.07 Å². The lowest BCUT2D eigenvalue weighted by molar-refractivity contribution is -0.139. The molecule has 3 aliphatic heterocycles.